The van der Waals surface area contributed by atoms with Gasteiger partial charge in [-0.05, 0) is 74.8 Å². The van der Waals surface area contributed by atoms with Crippen molar-refractivity contribution in [3.63, 3.8) is 0 Å². The Morgan fingerprint density at radius 2 is 1.96 bits per heavy atom. The summed E-state index contributed by atoms with van der Waals surface area (Å²) >= 11 is 6.61. The van der Waals surface area contributed by atoms with E-state index in [1.54, 1.807) is 0 Å². The summed E-state index contributed by atoms with van der Waals surface area (Å²) < 4.78 is 107. The Morgan fingerprint density at radius 1 is 1.16 bits per heavy atom. The minimum atomic E-state index is -4.92. The minimum Gasteiger partial charge on any atom is -0.461 e. The normalized spacial score (nSPS) is 27.3. The van der Waals surface area contributed by atoms with Crippen LogP contribution in [0.15, 0.2) is 24.3 Å². The number of hydrogen-bond acceptors (Lipinski definition) is 8. The summed E-state index contributed by atoms with van der Waals surface area (Å²) in [5.41, 5.74) is 2.02. The van der Waals surface area contributed by atoms with Crippen LogP contribution in [-0.4, -0.2) is 76.9 Å². The van der Waals surface area contributed by atoms with E-state index in [-0.39, 0.29) is 77.1 Å². The van der Waals surface area contributed by atoms with E-state index in [2.05, 4.69) is 15.3 Å². The smallest absolute Gasteiger partial charge is 0.418 e. The van der Waals surface area contributed by atoms with Gasteiger partial charge in [0.05, 0.1) is 27.4 Å². The zero-order valence-electron chi connectivity index (χ0n) is 26.6. The molecule has 2 unspecified atom stereocenters. The third kappa shape index (κ3) is 6.37. The molecule has 49 heavy (non-hydrogen) atoms. The van der Waals surface area contributed by atoms with Crippen molar-refractivity contribution in [2.24, 2.45) is 11.8 Å². The number of anilines is 2. The second kappa shape index (κ2) is 12.7. The van der Waals surface area contributed by atoms with Crippen LogP contribution in [0.1, 0.15) is 43.2 Å². The van der Waals surface area contributed by atoms with Crippen LogP contribution in [0.5, 0.6) is 6.01 Å². The molecule has 0 amide bonds. The van der Waals surface area contributed by atoms with E-state index in [4.69, 9.17) is 27.1 Å². The molecule has 4 saturated heterocycles. The highest BCUT2D eigenvalue weighted by Crippen LogP contribution is 2.46. The molecular formula is C33H35ClF7N7O. The van der Waals surface area contributed by atoms with Crippen molar-refractivity contribution in [2.75, 3.05) is 50.0 Å². The number of halogens is 8. The van der Waals surface area contributed by atoms with Gasteiger partial charge in [0.2, 0.25) is 0 Å². The van der Waals surface area contributed by atoms with Crippen LogP contribution in [0, 0.1) is 24.6 Å². The molecular weight excluding hydrogens is 679 g/mol. The maximum Gasteiger partial charge on any atom is 0.418 e. The number of aromatic nitrogens is 3. The van der Waals surface area contributed by atoms with Gasteiger partial charge in [-0.3, -0.25) is 4.90 Å². The first-order valence-corrected chi connectivity index (χ1v) is 16.7. The molecule has 0 aliphatic carbocycles. The van der Waals surface area contributed by atoms with E-state index in [0.717, 1.165) is 25.0 Å². The molecule has 2 aromatic heterocycles. The van der Waals surface area contributed by atoms with Crippen molar-refractivity contribution < 1.29 is 35.5 Å². The average molecular weight is 714 g/mol. The van der Waals surface area contributed by atoms with Gasteiger partial charge >= 0.3 is 12.2 Å². The molecule has 3 N–H and O–H groups in total. The first-order valence-electron chi connectivity index (χ1n) is 16.3. The number of pyridine rings is 1. The fourth-order valence-corrected chi connectivity index (χ4v) is 8.58. The molecule has 4 aliphatic heterocycles. The van der Waals surface area contributed by atoms with Crippen LogP contribution in [0.3, 0.4) is 0 Å². The zero-order valence-corrected chi connectivity index (χ0v) is 27.3. The highest BCUT2D eigenvalue weighted by Gasteiger charge is 2.49. The number of ether oxygens (including phenoxy) is 1. The Bertz CT molecular complexity index is 1810. The molecule has 1 aromatic carbocycles. The fraction of sp³-hybridized carbons (Fsp3) is 0.545. The Morgan fingerprint density at radius 3 is 2.71 bits per heavy atom. The molecule has 5 atom stereocenters. The maximum atomic E-state index is 16.8. The topological polar surface area (TPSA) is 92.4 Å². The Hall–Kier alpha value is -3.43. The molecule has 2 bridgehead atoms. The number of nitrogens with one attached hydrogen (secondary N) is 1. The van der Waals surface area contributed by atoms with Gasteiger partial charge < -0.3 is 20.7 Å². The zero-order chi connectivity index (χ0) is 34.8. The second-order valence-electron chi connectivity index (χ2n) is 13.7. The molecule has 0 saturated carbocycles. The van der Waals surface area contributed by atoms with Gasteiger partial charge in [0.15, 0.2) is 5.82 Å². The number of nitrogens with two attached hydrogens (primary N) is 1. The second-order valence-corrected chi connectivity index (χ2v) is 14.1. The van der Waals surface area contributed by atoms with Gasteiger partial charge in [-0.1, -0.05) is 11.6 Å². The molecule has 4 fully saturated rings. The standard InChI is InChI=1S/C33H35ClF7N7O/c1-16-7-24(42)44-29(26(16)33(39,40)41)25-21(34)8-20-28(27(25)38)45-31(49-15-32-5-2-6-48(32)14-19(35)10-32)46-30(20)47-12-17-3-4-18(13-47)22(43-11-17)9-23(36)37/h7-9,17-19,22,43H,2-6,10-15H2,1H3,(H2,42,44)/t17-,18-,19+,22?,32?/m0/s1. The molecule has 264 valence electrons. The number of benzene rings is 1. The van der Waals surface area contributed by atoms with Gasteiger partial charge in [-0.15, -0.1) is 0 Å². The lowest BCUT2D eigenvalue weighted by Crippen LogP contribution is -2.46. The summed E-state index contributed by atoms with van der Waals surface area (Å²) in [7, 11) is 0. The fourth-order valence-electron chi connectivity index (χ4n) is 8.30. The lowest BCUT2D eigenvalue weighted by Gasteiger charge is -2.34. The van der Waals surface area contributed by atoms with Gasteiger partial charge in [0.25, 0.3) is 6.08 Å². The third-order valence-corrected chi connectivity index (χ3v) is 10.8. The first kappa shape index (κ1) is 34.0. The van der Waals surface area contributed by atoms with E-state index in [1.165, 1.54) is 13.0 Å². The van der Waals surface area contributed by atoms with Crippen LogP contribution in [0.25, 0.3) is 22.2 Å². The number of alkyl halides is 4. The molecule has 6 heterocycles. The molecule has 0 radical (unpaired) electrons. The van der Waals surface area contributed by atoms with Gasteiger partial charge in [-0.25, -0.2) is 13.8 Å². The quantitative estimate of drug-likeness (QED) is 0.266. The average Bonchev–Trinajstić information content (AvgIpc) is 3.35. The van der Waals surface area contributed by atoms with Crippen LogP contribution < -0.4 is 20.7 Å². The lowest BCUT2D eigenvalue weighted by molar-refractivity contribution is -0.137. The Kier molecular flexibility index (Phi) is 8.83. The van der Waals surface area contributed by atoms with Crippen molar-refractivity contribution in [3.8, 4) is 17.3 Å². The predicted octanol–water partition coefficient (Wildman–Crippen LogP) is 6.93. The predicted molar refractivity (Wildman–Crippen MR) is 171 cm³/mol. The van der Waals surface area contributed by atoms with Gasteiger partial charge in [0.1, 0.15) is 29.9 Å². The number of hydrogen-bond donors (Lipinski definition) is 2. The highest BCUT2D eigenvalue weighted by molar-refractivity contribution is 6.34. The van der Waals surface area contributed by atoms with E-state index < -0.39 is 52.6 Å². The third-order valence-electron chi connectivity index (χ3n) is 10.5. The van der Waals surface area contributed by atoms with Crippen LogP contribution in [0.2, 0.25) is 5.02 Å². The molecule has 7 rings (SSSR count). The maximum absolute atomic E-state index is 16.8. The minimum absolute atomic E-state index is 0.0203. The summed E-state index contributed by atoms with van der Waals surface area (Å²) in [5.74, 6) is -1.47. The van der Waals surface area contributed by atoms with E-state index in [1.807, 2.05) is 9.80 Å². The van der Waals surface area contributed by atoms with Gasteiger partial charge in [0, 0.05) is 44.0 Å². The van der Waals surface area contributed by atoms with E-state index >= 15 is 4.39 Å². The summed E-state index contributed by atoms with van der Waals surface area (Å²) in [6, 6.07) is 1.49. The largest absolute Gasteiger partial charge is 0.461 e. The Labute approximate surface area is 282 Å². The summed E-state index contributed by atoms with van der Waals surface area (Å²) in [6.07, 6.45) is -3.65. The first-order chi connectivity index (χ1) is 23.2. The van der Waals surface area contributed by atoms with Crippen molar-refractivity contribution in [3.05, 3.63) is 46.3 Å². The summed E-state index contributed by atoms with van der Waals surface area (Å²) in [5, 5.41) is 2.95. The molecule has 4 aliphatic rings. The molecule has 3 aromatic rings. The van der Waals surface area contributed by atoms with Crippen molar-refractivity contribution in [1.82, 2.24) is 25.2 Å². The Balaban J connectivity index is 1.38. The SMILES string of the molecule is Cc1cc(N)nc(-c2c(Cl)cc3c(N4C[C@H]5CC[C@@H](C4)C(C=C(F)F)NC5)nc(OCC45CCCN4C[C@H](F)C5)nc3c2F)c1C(F)(F)F. The number of rotatable bonds is 6. The number of nitrogens with zero attached hydrogens (tertiary/aromatic N) is 5. The van der Waals surface area contributed by atoms with E-state index in [9.17, 15) is 26.3 Å². The van der Waals surface area contributed by atoms with Gasteiger partial charge in [-0.2, -0.15) is 31.9 Å². The number of fused-ring (bicyclic) bond motifs is 5. The molecule has 8 nitrogen and oxygen atoms in total. The highest BCUT2D eigenvalue weighted by atomic mass is 35.5. The van der Waals surface area contributed by atoms with Crippen LogP contribution in [0.4, 0.5) is 42.4 Å². The van der Waals surface area contributed by atoms with Crippen LogP contribution >= 0.6 is 11.6 Å². The lowest BCUT2D eigenvalue weighted by atomic mass is 9.95. The monoisotopic (exact) mass is 713 g/mol. The number of nitrogen functional groups attached to an aromatic ring is 1. The summed E-state index contributed by atoms with van der Waals surface area (Å²) in [4.78, 5) is 16.8. The van der Waals surface area contributed by atoms with Crippen LogP contribution in [-0.2, 0) is 6.18 Å². The molecule has 16 heteroatoms. The van der Waals surface area contributed by atoms with Crippen molar-refractivity contribution in [2.45, 2.75) is 63.0 Å². The molecule has 0 spiro atoms. The van der Waals surface area contributed by atoms with Crippen molar-refractivity contribution in [1.29, 1.82) is 0 Å². The number of aryl methyl sites for hydroxylation is 1. The van der Waals surface area contributed by atoms with E-state index in [0.29, 0.717) is 32.5 Å². The summed E-state index contributed by atoms with van der Waals surface area (Å²) in [6.45, 7) is 3.35. The van der Waals surface area contributed by atoms with Crippen molar-refractivity contribution >= 4 is 34.1 Å².